The van der Waals surface area contributed by atoms with Crippen LogP contribution in [0.5, 0.6) is 0 Å². The Morgan fingerprint density at radius 3 is 0.739 bits per heavy atom. The molecule has 0 aromatic rings. The van der Waals surface area contributed by atoms with Crippen molar-refractivity contribution in [1.29, 1.82) is 0 Å². The Morgan fingerprint density at radius 1 is 0.293 bits per heavy atom. The molecule has 5 atom stereocenters. The van der Waals surface area contributed by atoms with E-state index in [1.54, 1.807) is 0 Å². The third kappa shape index (κ3) is 66.7. The van der Waals surface area contributed by atoms with Crippen LogP contribution >= 0.6 is 15.6 Å². The van der Waals surface area contributed by atoms with Crippen molar-refractivity contribution in [2.45, 2.75) is 394 Å². The first-order valence-corrected chi connectivity index (χ1v) is 41.0. The van der Waals surface area contributed by atoms with Gasteiger partial charge in [0.05, 0.1) is 26.4 Å². The second kappa shape index (κ2) is 65.0. The maximum Gasteiger partial charge on any atom is 0.472 e. The summed E-state index contributed by atoms with van der Waals surface area (Å²) in [5, 5.41) is 10.6. The number of rotatable bonds is 72. The van der Waals surface area contributed by atoms with Crippen LogP contribution in [0.4, 0.5) is 0 Å². The minimum Gasteiger partial charge on any atom is -0.462 e. The van der Waals surface area contributed by atoms with Crippen molar-refractivity contribution in [3.63, 3.8) is 0 Å². The summed E-state index contributed by atoms with van der Waals surface area (Å²) in [5.41, 5.74) is 0. The van der Waals surface area contributed by atoms with Gasteiger partial charge in [-0.3, -0.25) is 37.3 Å². The molecule has 0 saturated carbocycles. The second-order valence-corrected chi connectivity index (χ2v) is 30.2. The third-order valence-electron chi connectivity index (χ3n) is 17.0. The van der Waals surface area contributed by atoms with Gasteiger partial charge in [0.1, 0.15) is 19.3 Å². The van der Waals surface area contributed by atoms with E-state index < -0.39 is 97.5 Å². The van der Waals surface area contributed by atoms with E-state index in [1.165, 1.54) is 186 Å². The number of aliphatic hydroxyl groups is 1. The first-order valence-electron chi connectivity index (χ1n) is 38.0. The van der Waals surface area contributed by atoms with Crippen LogP contribution in [-0.2, 0) is 65.4 Å². The molecule has 92 heavy (non-hydrogen) atoms. The van der Waals surface area contributed by atoms with Gasteiger partial charge >= 0.3 is 39.5 Å². The Bertz CT molecular complexity index is 1790. The Morgan fingerprint density at radius 2 is 0.500 bits per heavy atom. The summed E-state index contributed by atoms with van der Waals surface area (Å²) in [4.78, 5) is 72.5. The van der Waals surface area contributed by atoms with Crippen LogP contribution < -0.4 is 0 Å². The largest absolute Gasteiger partial charge is 0.472 e. The molecule has 0 bridgehead atoms. The summed E-state index contributed by atoms with van der Waals surface area (Å²) < 4.78 is 68.3. The SMILES string of the molecule is CCCCCCCCCCCCCCCCCCCCCC(=O)O[C@H](COC(=O)CCCCCCCCCCCCCCCC(C)C)COP(=O)(O)OC[C@@H](O)COP(=O)(O)OC[C@@H](COC(=O)CCCCCCCCCC)OC(=O)CCCCCCCCC(C)C. The molecule has 0 aliphatic heterocycles. The quantitative estimate of drug-likeness (QED) is 0.0222. The number of carbonyl (C=O) groups is 4. The van der Waals surface area contributed by atoms with E-state index in [4.69, 9.17) is 37.0 Å². The van der Waals surface area contributed by atoms with Gasteiger partial charge in [0, 0.05) is 25.7 Å². The maximum atomic E-state index is 13.1. The predicted octanol–water partition coefficient (Wildman–Crippen LogP) is 21.2. The molecule has 0 aromatic carbocycles. The summed E-state index contributed by atoms with van der Waals surface area (Å²) in [6, 6.07) is 0. The van der Waals surface area contributed by atoms with E-state index in [1.807, 2.05) is 0 Å². The minimum absolute atomic E-state index is 0.102. The van der Waals surface area contributed by atoms with Gasteiger partial charge in [0.2, 0.25) is 0 Å². The van der Waals surface area contributed by atoms with Gasteiger partial charge in [-0.25, -0.2) is 9.13 Å². The summed E-state index contributed by atoms with van der Waals surface area (Å²) in [6.45, 7) is 9.47. The molecule has 0 radical (unpaired) electrons. The van der Waals surface area contributed by atoms with E-state index in [2.05, 4.69) is 41.5 Å². The van der Waals surface area contributed by atoms with Crippen molar-refractivity contribution >= 4 is 39.5 Å². The van der Waals surface area contributed by atoms with Crippen molar-refractivity contribution in [3.05, 3.63) is 0 Å². The van der Waals surface area contributed by atoms with E-state index >= 15 is 0 Å². The van der Waals surface area contributed by atoms with Gasteiger partial charge in [0.15, 0.2) is 12.2 Å². The summed E-state index contributed by atoms with van der Waals surface area (Å²) >= 11 is 0. The average Bonchev–Trinajstić information content (AvgIpc) is 1.47. The third-order valence-corrected chi connectivity index (χ3v) is 18.9. The van der Waals surface area contributed by atoms with Crippen molar-refractivity contribution in [2.75, 3.05) is 39.6 Å². The number of hydrogen-bond acceptors (Lipinski definition) is 15. The summed E-state index contributed by atoms with van der Waals surface area (Å²) in [5.74, 6) is -0.666. The molecule has 3 N–H and O–H groups in total. The fourth-order valence-corrected chi connectivity index (χ4v) is 12.7. The van der Waals surface area contributed by atoms with Crippen molar-refractivity contribution in [2.24, 2.45) is 11.8 Å². The number of carbonyl (C=O) groups excluding carboxylic acids is 4. The number of phosphoric ester groups is 2. The van der Waals surface area contributed by atoms with Crippen molar-refractivity contribution in [3.8, 4) is 0 Å². The smallest absolute Gasteiger partial charge is 0.462 e. The van der Waals surface area contributed by atoms with Gasteiger partial charge in [-0.1, -0.05) is 324 Å². The van der Waals surface area contributed by atoms with Crippen LogP contribution in [0.25, 0.3) is 0 Å². The number of hydrogen-bond donors (Lipinski definition) is 3. The van der Waals surface area contributed by atoms with E-state index in [0.29, 0.717) is 31.6 Å². The lowest BCUT2D eigenvalue weighted by Crippen LogP contribution is -2.30. The molecule has 17 nitrogen and oxygen atoms in total. The molecule has 546 valence electrons. The van der Waals surface area contributed by atoms with Gasteiger partial charge in [-0.15, -0.1) is 0 Å². The van der Waals surface area contributed by atoms with Crippen LogP contribution in [0.15, 0.2) is 0 Å². The van der Waals surface area contributed by atoms with Crippen LogP contribution in [0.3, 0.4) is 0 Å². The predicted molar refractivity (Wildman–Crippen MR) is 372 cm³/mol. The summed E-state index contributed by atoms with van der Waals surface area (Å²) in [6.07, 6.45) is 51.7. The number of esters is 4. The lowest BCUT2D eigenvalue weighted by molar-refractivity contribution is -0.161. The van der Waals surface area contributed by atoms with Gasteiger partial charge in [0.25, 0.3) is 0 Å². The Labute approximate surface area is 562 Å². The van der Waals surface area contributed by atoms with Crippen LogP contribution in [0, 0.1) is 11.8 Å². The Balaban J connectivity index is 5.18. The molecule has 0 heterocycles. The van der Waals surface area contributed by atoms with E-state index in [0.717, 1.165) is 102 Å². The fraction of sp³-hybridized carbons (Fsp3) is 0.945. The molecule has 0 aromatic heterocycles. The molecular formula is C73H142O17P2. The first-order chi connectivity index (χ1) is 44.4. The highest BCUT2D eigenvalue weighted by Gasteiger charge is 2.30. The van der Waals surface area contributed by atoms with E-state index in [-0.39, 0.29) is 25.7 Å². The monoisotopic (exact) mass is 1350 g/mol. The van der Waals surface area contributed by atoms with E-state index in [9.17, 15) is 43.2 Å². The van der Waals surface area contributed by atoms with Crippen molar-refractivity contribution in [1.82, 2.24) is 0 Å². The Kier molecular flexibility index (Phi) is 63.7. The molecule has 2 unspecified atom stereocenters. The number of phosphoric acid groups is 2. The highest BCUT2D eigenvalue weighted by Crippen LogP contribution is 2.45. The highest BCUT2D eigenvalue weighted by molar-refractivity contribution is 7.47. The summed E-state index contributed by atoms with van der Waals surface area (Å²) in [7, 11) is -9.90. The standard InChI is InChI=1S/C73H142O17P2/c1-7-9-11-13-15-17-18-19-20-21-22-23-24-27-31-34-38-45-51-57-72(77)89-68(61-84-71(76)56-50-44-37-33-30-28-25-26-29-32-35-41-47-53-65(3)4)63-87-91(79,80)85-59-67(74)60-86-92(81,82)88-64-69(62-83-70(75)55-49-43-36-16-14-12-10-8-2)90-73(78)58-52-46-40-39-42-48-54-66(5)6/h65-69,74H,7-64H2,1-6H3,(H,79,80)(H,81,82)/t67-,68-,69-/m1/s1. The zero-order valence-corrected chi connectivity index (χ0v) is 61.6. The lowest BCUT2D eigenvalue weighted by atomic mass is 10.0. The first kappa shape index (κ1) is 90.1. The normalized spacial score (nSPS) is 14.1. The van der Waals surface area contributed by atoms with Crippen molar-refractivity contribution < 1.29 is 80.2 Å². The molecule has 0 fully saturated rings. The minimum atomic E-state index is -4.95. The van der Waals surface area contributed by atoms with Gasteiger partial charge in [-0.05, 0) is 37.5 Å². The molecule has 0 saturated heterocycles. The lowest BCUT2D eigenvalue weighted by Gasteiger charge is -2.21. The number of ether oxygens (including phenoxy) is 4. The molecular weight excluding hydrogens is 1210 g/mol. The average molecular weight is 1350 g/mol. The van der Waals surface area contributed by atoms with Gasteiger partial charge in [-0.2, -0.15) is 0 Å². The fourth-order valence-electron chi connectivity index (χ4n) is 11.1. The maximum absolute atomic E-state index is 13.1. The molecule has 0 aliphatic rings. The zero-order valence-electron chi connectivity index (χ0n) is 59.9. The Hall–Kier alpha value is -1.94. The van der Waals surface area contributed by atoms with Crippen LogP contribution in [-0.4, -0.2) is 96.7 Å². The number of unbranched alkanes of at least 4 members (excludes halogenated alkanes) is 42. The molecule has 0 rings (SSSR count). The van der Waals surface area contributed by atoms with Gasteiger partial charge < -0.3 is 33.8 Å². The molecule has 0 spiro atoms. The van der Waals surface area contributed by atoms with Crippen LogP contribution in [0.2, 0.25) is 0 Å². The molecule has 0 amide bonds. The highest BCUT2D eigenvalue weighted by atomic mass is 31.2. The topological polar surface area (TPSA) is 237 Å². The number of aliphatic hydroxyl groups excluding tert-OH is 1. The van der Waals surface area contributed by atoms with Crippen LogP contribution in [0.1, 0.15) is 375 Å². The zero-order chi connectivity index (χ0) is 67.9. The molecule has 19 heteroatoms. The molecule has 0 aliphatic carbocycles. The second-order valence-electron chi connectivity index (χ2n) is 27.3.